The number of benzene rings is 1. The molecular weight excluding hydrogens is 274 g/mol. The summed E-state index contributed by atoms with van der Waals surface area (Å²) < 4.78 is 29.0. The second kappa shape index (κ2) is 8.84. The van der Waals surface area contributed by atoms with E-state index in [9.17, 15) is 8.42 Å². The van der Waals surface area contributed by atoms with Crippen LogP contribution in [0.4, 0.5) is 5.69 Å². The summed E-state index contributed by atoms with van der Waals surface area (Å²) in [5.74, 6) is 0.940. The fourth-order valence-electron chi connectivity index (χ4n) is 1.92. The summed E-state index contributed by atoms with van der Waals surface area (Å²) in [6, 6.07) is 7.01. The van der Waals surface area contributed by atoms with Crippen LogP contribution in [0.5, 0.6) is 5.75 Å². The normalized spacial score (nSPS) is 11.4. The Balaban J connectivity index is 2.22. The zero-order valence-corrected chi connectivity index (χ0v) is 13.0. The van der Waals surface area contributed by atoms with Crippen molar-refractivity contribution in [3.8, 4) is 5.75 Å². The maximum Gasteiger partial charge on any atom is 0.153 e. The van der Waals surface area contributed by atoms with Crippen LogP contribution in [-0.2, 0) is 9.84 Å². The Labute approximate surface area is 122 Å². The maximum absolute atomic E-state index is 11.8. The number of ether oxygens (including phenoxy) is 1. The lowest BCUT2D eigenvalue weighted by molar-refractivity contribution is 0.341. The highest BCUT2D eigenvalue weighted by Gasteiger charge is 2.10. The van der Waals surface area contributed by atoms with Crippen molar-refractivity contribution in [2.45, 2.75) is 39.0 Å². The number of nitrogen functional groups attached to an aromatic ring is 1. The molecule has 0 atom stereocenters. The Morgan fingerprint density at radius 3 is 2.55 bits per heavy atom. The van der Waals surface area contributed by atoms with Gasteiger partial charge in [0.05, 0.1) is 11.5 Å². The van der Waals surface area contributed by atoms with E-state index in [1.165, 1.54) is 12.8 Å². The second-order valence-electron chi connectivity index (χ2n) is 4.99. The molecule has 0 aromatic heterocycles. The molecule has 0 saturated carbocycles. The van der Waals surface area contributed by atoms with Gasteiger partial charge in [0.15, 0.2) is 9.84 Å². The monoisotopic (exact) mass is 299 g/mol. The molecule has 0 heterocycles. The molecule has 0 aliphatic heterocycles. The molecule has 0 bridgehead atoms. The van der Waals surface area contributed by atoms with Gasteiger partial charge in [-0.25, -0.2) is 8.42 Å². The first-order valence-electron chi connectivity index (χ1n) is 7.22. The number of hydrogen-bond donors (Lipinski definition) is 1. The number of hydrogen-bond acceptors (Lipinski definition) is 4. The van der Waals surface area contributed by atoms with Crippen molar-refractivity contribution in [2.75, 3.05) is 23.8 Å². The fraction of sp³-hybridized carbons (Fsp3) is 0.600. The molecule has 0 amide bonds. The van der Waals surface area contributed by atoms with E-state index in [0.29, 0.717) is 11.4 Å². The maximum atomic E-state index is 11.8. The van der Waals surface area contributed by atoms with Crippen LogP contribution in [0.2, 0.25) is 0 Å². The molecule has 0 spiro atoms. The van der Waals surface area contributed by atoms with Crippen LogP contribution >= 0.6 is 0 Å². The van der Waals surface area contributed by atoms with Gasteiger partial charge in [0.25, 0.3) is 0 Å². The molecule has 5 heteroatoms. The predicted molar refractivity (Wildman–Crippen MR) is 83.8 cm³/mol. The summed E-state index contributed by atoms with van der Waals surface area (Å²) in [5.41, 5.74) is 6.24. The molecule has 20 heavy (non-hydrogen) atoms. The topological polar surface area (TPSA) is 69.4 Å². The van der Waals surface area contributed by atoms with E-state index in [1.54, 1.807) is 24.3 Å². The van der Waals surface area contributed by atoms with Gasteiger partial charge in [-0.2, -0.15) is 0 Å². The van der Waals surface area contributed by atoms with Crippen LogP contribution in [0.1, 0.15) is 39.0 Å². The first-order chi connectivity index (χ1) is 9.53. The SMILES string of the molecule is CCCCCCCS(=O)(=O)CCOc1cccc(N)c1. The standard InChI is InChI=1S/C15H25NO3S/c1-2-3-4-5-6-11-20(17,18)12-10-19-15-9-7-8-14(16)13-15/h7-9,13H,2-6,10-12,16H2,1H3. The summed E-state index contributed by atoms with van der Waals surface area (Å²) in [5, 5.41) is 0. The molecule has 0 radical (unpaired) electrons. The first-order valence-corrected chi connectivity index (χ1v) is 9.04. The molecule has 4 nitrogen and oxygen atoms in total. The average Bonchev–Trinajstić information content (AvgIpc) is 2.38. The van der Waals surface area contributed by atoms with Crippen LogP contribution in [0.15, 0.2) is 24.3 Å². The van der Waals surface area contributed by atoms with Gasteiger partial charge >= 0.3 is 0 Å². The number of unbranched alkanes of at least 4 members (excludes halogenated alkanes) is 4. The largest absolute Gasteiger partial charge is 0.492 e. The number of sulfone groups is 1. The van der Waals surface area contributed by atoms with Gasteiger partial charge in [0, 0.05) is 11.8 Å². The molecule has 114 valence electrons. The van der Waals surface area contributed by atoms with E-state index in [2.05, 4.69) is 6.92 Å². The summed E-state index contributed by atoms with van der Waals surface area (Å²) in [6.45, 7) is 2.32. The Hall–Kier alpha value is -1.23. The lowest BCUT2D eigenvalue weighted by Gasteiger charge is -2.07. The minimum atomic E-state index is -3.01. The van der Waals surface area contributed by atoms with E-state index in [-0.39, 0.29) is 18.1 Å². The van der Waals surface area contributed by atoms with Gasteiger partial charge in [-0.3, -0.25) is 0 Å². The van der Waals surface area contributed by atoms with Crippen molar-refractivity contribution in [1.82, 2.24) is 0 Å². The molecule has 0 saturated heterocycles. The van der Waals surface area contributed by atoms with E-state index in [0.717, 1.165) is 19.3 Å². The minimum absolute atomic E-state index is 0.0651. The van der Waals surface area contributed by atoms with Gasteiger partial charge in [0.1, 0.15) is 12.4 Å². The third kappa shape index (κ3) is 7.38. The summed E-state index contributed by atoms with van der Waals surface area (Å²) in [7, 11) is -3.01. The molecule has 1 aromatic rings. The van der Waals surface area contributed by atoms with Gasteiger partial charge in [0.2, 0.25) is 0 Å². The summed E-state index contributed by atoms with van der Waals surface area (Å²) in [4.78, 5) is 0. The molecule has 1 aromatic carbocycles. The molecule has 0 unspecified atom stereocenters. The molecule has 1 rings (SSSR count). The van der Waals surface area contributed by atoms with Gasteiger partial charge in [-0.1, -0.05) is 38.7 Å². The second-order valence-corrected chi connectivity index (χ2v) is 7.29. The number of anilines is 1. The zero-order chi connectivity index (χ0) is 14.8. The van der Waals surface area contributed by atoms with Crippen molar-refractivity contribution in [3.63, 3.8) is 0 Å². The Morgan fingerprint density at radius 2 is 1.85 bits per heavy atom. The quantitative estimate of drug-likeness (QED) is 0.532. The van der Waals surface area contributed by atoms with Crippen LogP contribution in [0, 0.1) is 0 Å². The van der Waals surface area contributed by atoms with Crippen molar-refractivity contribution < 1.29 is 13.2 Å². The molecule has 0 aliphatic carbocycles. The van der Waals surface area contributed by atoms with Crippen molar-refractivity contribution in [2.24, 2.45) is 0 Å². The Morgan fingerprint density at radius 1 is 1.10 bits per heavy atom. The van der Waals surface area contributed by atoms with Gasteiger partial charge in [-0.15, -0.1) is 0 Å². The van der Waals surface area contributed by atoms with E-state index in [1.807, 2.05) is 0 Å². The Bertz CT molecular complexity index is 486. The Kier molecular flexibility index (Phi) is 7.44. The first kappa shape index (κ1) is 16.8. The lowest BCUT2D eigenvalue weighted by Crippen LogP contribution is -2.17. The van der Waals surface area contributed by atoms with Crippen molar-refractivity contribution in [3.05, 3.63) is 24.3 Å². The van der Waals surface area contributed by atoms with Gasteiger partial charge < -0.3 is 10.5 Å². The van der Waals surface area contributed by atoms with E-state index >= 15 is 0 Å². The van der Waals surface area contributed by atoms with Crippen LogP contribution < -0.4 is 10.5 Å². The van der Waals surface area contributed by atoms with Crippen LogP contribution in [-0.4, -0.2) is 26.5 Å². The third-order valence-corrected chi connectivity index (χ3v) is 4.78. The highest BCUT2D eigenvalue weighted by molar-refractivity contribution is 7.91. The average molecular weight is 299 g/mol. The smallest absolute Gasteiger partial charge is 0.153 e. The summed E-state index contributed by atoms with van der Waals surface area (Å²) in [6.07, 6.45) is 5.20. The summed E-state index contributed by atoms with van der Waals surface area (Å²) >= 11 is 0. The predicted octanol–water partition coefficient (Wildman–Crippen LogP) is 3.03. The highest BCUT2D eigenvalue weighted by atomic mass is 32.2. The van der Waals surface area contributed by atoms with Crippen molar-refractivity contribution >= 4 is 15.5 Å². The minimum Gasteiger partial charge on any atom is -0.492 e. The third-order valence-electron chi connectivity index (χ3n) is 3.08. The van der Waals surface area contributed by atoms with E-state index < -0.39 is 9.84 Å². The lowest BCUT2D eigenvalue weighted by atomic mass is 10.2. The highest BCUT2D eigenvalue weighted by Crippen LogP contribution is 2.14. The number of nitrogens with two attached hydrogens (primary N) is 1. The molecule has 2 N–H and O–H groups in total. The van der Waals surface area contributed by atoms with E-state index in [4.69, 9.17) is 10.5 Å². The van der Waals surface area contributed by atoms with Crippen molar-refractivity contribution in [1.29, 1.82) is 0 Å². The zero-order valence-electron chi connectivity index (χ0n) is 12.2. The van der Waals surface area contributed by atoms with Crippen LogP contribution in [0.25, 0.3) is 0 Å². The fourth-order valence-corrected chi connectivity index (χ4v) is 3.10. The molecule has 0 aliphatic rings. The molecular formula is C15H25NO3S. The van der Waals surface area contributed by atoms with Crippen LogP contribution in [0.3, 0.4) is 0 Å². The van der Waals surface area contributed by atoms with Gasteiger partial charge in [-0.05, 0) is 18.6 Å². The molecule has 0 fully saturated rings. The number of rotatable bonds is 10.